The number of benzene rings is 10. The topological polar surface area (TPSA) is 42.7 Å². The van der Waals surface area contributed by atoms with E-state index >= 15 is 0 Å². The van der Waals surface area contributed by atoms with Gasteiger partial charge in [0.05, 0.1) is 5.69 Å². The number of nitrogens with zero attached hydrogens (tertiary/aromatic N) is 1. The lowest BCUT2D eigenvalue weighted by atomic mass is 9.72. The third-order valence-corrected chi connectivity index (χ3v) is 18.0. The van der Waals surface area contributed by atoms with Gasteiger partial charge in [-0.3, -0.25) is 0 Å². The third kappa shape index (κ3) is 5.41. The summed E-state index contributed by atoms with van der Waals surface area (Å²) in [6.07, 6.45) is 0. The molecule has 0 atom stereocenters. The van der Waals surface area contributed by atoms with Crippen molar-refractivity contribution in [3.63, 3.8) is 0 Å². The lowest BCUT2D eigenvalue weighted by Crippen LogP contribution is -2.24. The van der Waals surface area contributed by atoms with Gasteiger partial charge in [0.2, 0.25) is 0 Å². The van der Waals surface area contributed by atoms with Crippen molar-refractivity contribution in [3.05, 3.63) is 220 Å². The lowest BCUT2D eigenvalue weighted by molar-refractivity contribution is 0.600. The number of rotatable bonds is 4. The van der Waals surface area contributed by atoms with E-state index < -0.39 is 0 Å². The quantitative estimate of drug-likeness (QED) is 0.176. The van der Waals surface area contributed by atoms with Crippen LogP contribution in [-0.2, 0) is 16.2 Å². The molecular formula is C71H53NO3. The van der Waals surface area contributed by atoms with Crippen molar-refractivity contribution in [2.75, 3.05) is 4.90 Å². The van der Waals surface area contributed by atoms with Gasteiger partial charge in [0, 0.05) is 71.1 Å². The molecule has 3 aromatic heterocycles. The van der Waals surface area contributed by atoms with Crippen molar-refractivity contribution in [2.24, 2.45) is 0 Å². The molecule has 0 spiro atoms. The van der Waals surface area contributed by atoms with Crippen LogP contribution in [0.15, 0.2) is 189 Å². The Morgan fingerprint density at radius 3 is 1.56 bits per heavy atom. The van der Waals surface area contributed by atoms with Crippen LogP contribution in [0.5, 0.6) is 0 Å². The summed E-state index contributed by atoms with van der Waals surface area (Å²) in [5.74, 6) is 0. The largest absolute Gasteiger partial charge is 0.456 e. The molecule has 75 heavy (non-hydrogen) atoms. The highest BCUT2D eigenvalue weighted by Gasteiger charge is 2.49. The summed E-state index contributed by atoms with van der Waals surface area (Å²) >= 11 is 0. The number of anilines is 3. The van der Waals surface area contributed by atoms with E-state index in [2.05, 4.69) is 224 Å². The molecule has 3 aliphatic rings. The van der Waals surface area contributed by atoms with E-state index in [9.17, 15) is 0 Å². The minimum Gasteiger partial charge on any atom is -0.456 e. The Hall–Kier alpha value is -8.60. The first-order valence-electron chi connectivity index (χ1n) is 26.5. The lowest BCUT2D eigenvalue weighted by Gasteiger charge is -2.32. The van der Waals surface area contributed by atoms with E-state index in [0.29, 0.717) is 0 Å². The summed E-state index contributed by atoms with van der Waals surface area (Å²) in [5.41, 5.74) is 28.3. The van der Waals surface area contributed by atoms with Crippen LogP contribution in [0.3, 0.4) is 0 Å². The van der Waals surface area contributed by atoms with Crippen molar-refractivity contribution >= 4 is 82.9 Å². The number of fused-ring (bicyclic) bond motifs is 22. The maximum absolute atomic E-state index is 7.01. The molecule has 13 aromatic rings. The average molecular weight is 968 g/mol. The summed E-state index contributed by atoms with van der Waals surface area (Å²) < 4.78 is 20.4. The van der Waals surface area contributed by atoms with Gasteiger partial charge in [-0.15, -0.1) is 0 Å². The van der Waals surface area contributed by atoms with E-state index in [0.717, 1.165) is 77.5 Å². The Morgan fingerprint density at radius 2 is 0.867 bits per heavy atom. The van der Waals surface area contributed by atoms with E-state index in [-0.39, 0.29) is 16.2 Å². The Morgan fingerprint density at radius 1 is 0.347 bits per heavy atom. The molecule has 0 fully saturated rings. The normalized spacial score (nSPS) is 15.3. The molecule has 0 bridgehead atoms. The molecule has 0 unspecified atom stereocenters. The van der Waals surface area contributed by atoms with Crippen molar-refractivity contribution in [2.45, 2.75) is 71.6 Å². The highest BCUT2D eigenvalue weighted by atomic mass is 16.3. The number of aryl methyl sites for hydroxylation is 2. The zero-order chi connectivity index (χ0) is 50.6. The molecule has 360 valence electrons. The van der Waals surface area contributed by atoms with Crippen LogP contribution in [0.2, 0.25) is 0 Å². The molecule has 3 aliphatic carbocycles. The van der Waals surface area contributed by atoms with Crippen LogP contribution in [0.1, 0.15) is 86.1 Å². The average Bonchev–Trinajstić information content (AvgIpc) is 4.42. The summed E-state index contributed by atoms with van der Waals surface area (Å²) in [5, 5.41) is 6.91. The summed E-state index contributed by atoms with van der Waals surface area (Å²) in [4.78, 5) is 2.53. The maximum Gasteiger partial charge on any atom is 0.144 e. The SMILES string of the molecule is Cc1cccc(C)c1N(c1ccc2c(c1)C(C)(C)c1cc(-c3ccc4c(c3)oc3ccccc34)c3oc4ccccc4c3c1-2)c1ccc2c(c1)C(C)(C)c1c3c(c4oc5ccccc5c4c1-2)-c1ccccc1C3(C)C. The van der Waals surface area contributed by atoms with Gasteiger partial charge in [0.15, 0.2) is 0 Å². The Bertz CT molecular complexity index is 4700. The Kier molecular flexibility index (Phi) is 8.21. The minimum atomic E-state index is -0.358. The summed E-state index contributed by atoms with van der Waals surface area (Å²) in [7, 11) is 0. The van der Waals surface area contributed by atoms with Crippen LogP contribution < -0.4 is 4.90 Å². The third-order valence-electron chi connectivity index (χ3n) is 18.0. The second-order valence-electron chi connectivity index (χ2n) is 23.2. The number of furan rings is 3. The van der Waals surface area contributed by atoms with Gasteiger partial charge in [-0.2, -0.15) is 0 Å². The highest BCUT2D eigenvalue weighted by Crippen LogP contribution is 2.64. The maximum atomic E-state index is 7.01. The van der Waals surface area contributed by atoms with E-state index in [1.165, 1.54) is 94.3 Å². The molecule has 16 rings (SSSR count). The predicted octanol–water partition coefficient (Wildman–Crippen LogP) is 20.1. The predicted molar refractivity (Wildman–Crippen MR) is 311 cm³/mol. The molecule has 10 aromatic carbocycles. The van der Waals surface area contributed by atoms with Gasteiger partial charge in [-0.1, -0.05) is 157 Å². The van der Waals surface area contributed by atoms with Crippen LogP contribution in [-0.4, -0.2) is 0 Å². The molecule has 4 nitrogen and oxygen atoms in total. The first-order valence-corrected chi connectivity index (χ1v) is 26.5. The minimum absolute atomic E-state index is 0.234. The zero-order valence-corrected chi connectivity index (χ0v) is 43.4. The van der Waals surface area contributed by atoms with Gasteiger partial charge in [0.25, 0.3) is 0 Å². The fourth-order valence-electron chi connectivity index (χ4n) is 14.6. The van der Waals surface area contributed by atoms with Crippen LogP contribution in [0, 0.1) is 13.8 Å². The summed E-state index contributed by atoms with van der Waals surface area (Å²) in [6, 6.07) is 64.7. The van der Waals surface area contributed by atoms with Gasteiger partial charge < -0.3 is 18.2 Å². The fraction of sp³-hybridized carbons (Fsp3) is 0.155. The smallest absolute Gasteiger partial charge is 0.144 e. The van der Waals surface area contributed by atoms with Crippen molar-refractivity contribution < 1.29 is 13.3 Å². The molecule has 0 N–H and O–H groups in total. The second-order valence-corrected chi connectivity index (χ2v) is 23.2. The van der Waals surface area contributed by atoms with E-state index in [1.807, 2.05) is 12.1 Å². The van der Waals surface area contributed by atoms with Crippen molar-refractivity contribution in [1.82, 2.24) is 0 Å². The van der Waals surface area contributed by atoms with Crippen LogP contribution in [0.4, 0.5) is 17.1 Å². The van der Waals surface area contributed by atoms with Crippen LogP contribution >= 0.6 is 0 Å². The highest BCUT2D eigenvalue weighted by molar-refractivity contribution is 6.22. The van der Waals surface area contributed by atoms with E-state index in [4.69, 9.17) is 13.3 Å². The van der Waals surface area contributed by atoms with Crippen molar-refractivity contribution in [1.29, 1.82) is 0 Å². The van der Waals surface area contributed by atoms with Crippen LogP contribution in [0.25, 0.3) is 110 Å². The van der Waals surface area contributed by atoms with E-state index in [1.54, 1.807) is 0 Å². The molecule has 4 heteroatoms. The number of hydrogen-bond acceptors (Lipinski definition) is 4. The molecule has 3 heterocycles. The first kappa shape index (κ1) is 42.9. The van der Waals surface area contributed by atoms with Gasteiger partial charge in [-0.05, 0) is 152 Å². The zero-order valence-electron chi connectivity index (χ0n) is 43.4. The molecular weight excluding hydrogens is 915 g/mol. The monoisotopic (exact) mass is 967 g/mol. The number of hydrogen-bond donors (Lipinski definition) is 0. The van der Waals surface area contributed by atoms with Gasteiger partial charge >= 0.3 is 0 Å². The second kappa shape index (κ2) is 14.4. The fourth-order valence-corrected chi connectivity index (χ4v) is 14.6. The van der Waals surface area contributed by atoms with Gasteiger partial charge in [-0.25, -0.2) is 0 Å². The Labute approximate surface area is 435 Å². The molecule has 0 amide bonds. The Balaban J connectivity index is 0.904. The van der Waals surface area contributed by atoms with Crippen molar-refractivity contribution in [3.8, 4) is 44.5 Å². The van der Waals surface area contributed by atoms with Gasteiger partial charge in [0.1, 0.15) is 33.5 Å². The number of para-hydroxylation sites is 4. The summed E-state index contributed by atoms with van der Waals surface area (Å²) in [6.45, 7) is 19.0. The molecule has 0 aliphatic heterocycles. The standard InChI is InChI=1S/C71H53NO3/c1-38-18-17-19-39(2)66(38)72(42-30-33-47-53(36-42)71(7,8)64-60(47)62-49-23-12-16-27-57(49)75-68(62)63-45-21-9-13-24-51(45)70(5,6)65(63)64)41-29-32-46-52(35-41)69(3,4)54-37-50(67-61(59(46)54)48-22-11-15-26-56(48)74-67)40-28-31-44-43-20-10-14-25-55(43)73-58(44)34-40/h9-37H,1-8H3. The first-order chi connectivity index (χ1) is 36.3. The molecule has 0 radical (unpaired) electrons. The molecule has 0 saturated carbocycles. The molecule has 0 saturated heterocycles.